The Morgan fingerprint density at radius 3 is 2.23 bits per heavy atom. The van der Waals surface area contributed by atoms with E-state index in [2.05, 4.69) is 46.3 Å². The summed E-state index contributed by atoms with van der Waals surface area (Å²) in [6.45, 7) is 2.86. The molecule has 0 saturated carbocycles. The van der Waals surface area contributed by atoms with Gasteiger partial charge in [-0.15, -0.1) is 0 Å². The van der Waals surface area contributed by atoms with Crippen molar-refractivity contribution in [3.8, 4) is 0 Å². The number of amides is 2. The van der Waals surface area contributed by atoms with Crippen molar-refractivity contribution >= 4 is 24.0 Å². The van der Waals surface area contributed by atoms with Gasteiger partial charge in [0.25, 0.3) is 5.91 Å². The number of nitrogens with one attached hydrogen (secondary N) is 1. The van der Waals surface area contributed by atoms with Crippen LogP contribution in [0, 0.1) is 0 Å². The molecule has 3 aromatic rings. The Morgan fingerprint density at radius 2 is 1.54 bits per heavy atom. The normalized spacial score (nSPS) is 16.6. The van der Waals surface area contributed by atoms with E-state index in [4.69, 9.17) is 5.21 Å². The lowest BCUT2D eigenvalue weighted by Crippen LogP contribution is -2.49. The molecule has 0 spiro atoms. The molecule has 178 valence electrons. The number of hydrogen-bond acceptors (Lipinski definition) is 5. The lowest BCUT2D eigenvalue weighted by molar-refractivity contribution is -0.129. The van der Waals surface area contributed by atoms with Crippen LogP contribution in [0.1, 0.15) is 28.6 Å². The van der Waals surface area contributed by atoms with Crippen molar-refractivity contribution in [3.63, 3.8) is 0 Å². The summed E-state index contributed by atoms with van der Waals surface area (Å²) >= 11 is 0. The number of hydrogen-bond donors (Lipinski definition) is 2. The molecule has 7 heteroatoms. The molecule has 1 aromatic heterocycles. The Bertz CT molecular complexity index is 1200. The SMILES string of the molecule is O=C(C=Cc1cccc(C=CC(=O)N2CCN(Cc3ccccc3)C(c3ccccc3)C2)n1)NO. The first-order valence-electron chi connectivity index (χ1n) is 11.5. The number of pyridine rings is 1. The van der Waals surface area contributed by atoms with Crippen LogP contribution in [0.3, 0.4) is 0 Å². The van der Waals surface area contributed by atoms with Gasteiger partial charge in [-0.05, 0) is 35.4 Å². The van der Waals surface area contributed by atoms with Gasteiger partial charge in [-0.2, -0.15) is 0 Å². The number of benzene rings is 2. The van der Waals surface area contributed by atoms with E-state index in [-0.39, 0.29) is 11.9 Å². The molecule has 0 aliphatic carbocycles. The maximum Gasteiger partial charge on any atom is 0.267 e. The summed E-state index contributed by atoms with van der Waals surface area (Å²) in [6.07, 6.45) is 5.89. The van der Waals surface area contributed by atoms with E-state index in [1.807, 2.05) is 29.2 Å². The third-order valence-electron chi connectivity index (χ3n) is 5.92. The molecule has 1 atom stereocenters. The zero-order valence-electron chi connectivity index (χ0n) is 19.3. The Kier molecular flexibility index (Phi) is 8.17. The molecule has 2 heterocycles. The number of hydroxylamine groups is 1. The molecule has 35 heavy (non-hydrogen) atoms. The van der Waals surface area contributed by atoms with E-state index in [0.717, 1.165) is 13.1 Å². The van der Waals surface area contributed by atoms with Crippen molar-refractivity contribution in [1.29, 1.82) is 0 Å². The molecule has 7 nitrogen and oxygen atoms in total. The van der Waals surface area contributed by atoms with E-state index < -0.39 is 5.91 Å². The van der Waals surface area contributed by atoms with Gasteiger partial charge in [0.1, 0.15) is 0 Å². The number of aromatic nitrogens is 1. The molecule has 2 amide bonds. The van der Waals surface area contributed by atoms with Crippen LogP contribution in [0.2, 0.25) is 0 Å². The third-order valence-corrected chi connectivity index (χ3v) is 5.92. The summed E-state index contributed by atoms with van der Waals surface area (Å²) in [6, 6.07) is 26.1. The molecule has 2 N–H and O–H groups in total. The second kappa shape index (κ2) is 11.9. The first-order chi connectivity index (χ1) is 17.1. The number of nitrogens with zero attached hydrogens (tertiary/aromatic N) is 3. The van der Waals surface area contributed by atoms with Crippen molar-refractivity contribution in [3.05, 3.63) is 114 Å². The van der Waals surface area contributed by atoms with Crippen LogP contribution in [0.25, 0.3) is 12.2 Å². The molecule has 1 aliphatic rings. The van der Waals surface area contributed by atoms with Gasteiger partial charge in [0.15, 0.2) is 0 Å². The highest BCUT2D eigenvalue weighted by atomic mass is 16.5. The fourth-order valence-corrected chi connectivity index (χ4v) is 4.13. The largest absolute Gasteiger partial charge is 0.336 e. The Balaban J connectivity index is 1.45. The molecule has 1 fully saturated rings. The minimum absolute atomic E-state index is 0.0623. The summed E-state index contributed by atoms with van der Waals surface area (Å²) in [7, 11) is 0. The van der Waals surface area contributed by atoms with Crippen molar-refractivity contribution < 1.29 is 14.8 Å². The monoisotopic (exact) mass is 468 g/mol. The Morgan fingerprint density at radius 1 is 0.886 bits per heavy atom. The van der Waals surface area contributed by atoms with Gasteiger partial charge < -0.3 is 4.90 Å². The highest BCUT2D eigenvalue weighted by Crippen LogP contribution is 2.27. The molecular weight excluding hydrogens is 440 g/mol. The maximum atomic E-state index is 13.1. The summed E-state index contributed by atoms with van der Waals surface area (Å²) in [5.41, 5.74) is 5.13. The van der Waals surface area contributed by atoms with Gasteiger partial charge in [0.05, 0.1) is 17.4 Å². The zero-order valence-corrected chi connectivity index (χ0v) is 19.3. The van der Waals surface area contributed by atoms with Crippen LogP contribution in [0.15, 0.2) is 91.0 Å². The van der Waals surface area contributed by atoms with Crippen molar-refractivity contribution in [2.45, 2.75) is 12.6 Å². The summed E-state index contributed by atoms with van der Waals surface area (Å²) in [5.74, 6) is -0.699. The first kappa shape index (κ1) is 24.1. The van der Waals surface area contributed by atoms with E-state index >= 15 is 0 Å². The van der Waals surface area contributed by atoms with Gasteiger partial charge in [-0.1, -0.05) is 66.7 Å². The fraction of sp³-hybridized carbons (Fsp3) is 0.179. The number of carbonyl (C=O) groups is 2. The smallest absolute Gasteiger partial charge is 0.267 e. The minimum atomic E-state index is -0.637. The van der Waals surface area contributed by atoms with Crippen LogP contribution < -0.4 is 5.48 Å². The first-order valence-corrected chi connectivity index (χ1v) is 11.5. The van der Waals surface area contributed by atoms with Crippen LogP contribution in [-0.4, -0.2) is 51.4 Å². The van der Waals surface area contributed by atoms with Crippen molar-refractivity contribution in [1.82, 2.24) is 20.3 Å². The minimum Gasteiger partial charge on any atom is -0.336 e. The van der Waals surface area contributed by atoms with Crippen molar-refractivity contribution in [2.75, 3.05) is 19.6 Å². The number of rotatable bonds is 7. The maximum absolute atomic E-state index is 13.1. The summed E-state index contributed by atoms with van der Waals surface area (Å²) < 4.78 is 0. The second-order valence-corrected chi connectivity index (χ2v) is 8.30. The van der Waals surface area contributed by atoms with Crippen LogP contribution in [0.5, 0.6) is 0 Å². The highest BCUT2D eigenvalue weighted by Gasteiger charge is 2.29. The topological polar surface area (TPSA) is 85.8 Å². The number of carbonyl (C=O) groups excluding carboxylic acids is 2. The molecular formula is C28H28N4O3. The van der Waals surface area contributed by atoms with E-state index in [1.54, 1.807) is 30.4 Å². The van der Waals surface area contributed by atoms with E-state index in [1.165, 1.54) is 28.8 Å². The average Bonchev–Trinajstić information content (AvgIpc) is 2.92. The third kappa shape index (κ3) is 6.72. The lowest BCUT2D eigenvalue weighted by Gasteiger charge is -2.41. The van der Waals surface area contributed by atoms with E-state index in [9.17, 15) is 9.59 Å². The molecule has 1 unspecified atom stereocenters. The van der Waals surface area contributed by atoms with Crippen LogP contribution in [-0.2, 0) is 16.1 Å². The zero-order chi connectivity index (χ0) is 24.5. The average molecular weight is 469 g/mol. The van der Waals surface area contributed by atoms with Crippen LogP contribution >= 0.6 is 0 Å². The van der Waals surface area contributed by atoms with Gasteiger partial charge in [0.2, 0.25) is 5.91 Å². The fourth-order valence-electron chi connectivity index (χ4n) is 4.13. The van der Waals surface area contributed by atoms with Gasteiger partial charge >= 0.3 is 0 Å². The van der Waals surface area contributed by atoms with Gasteiger partial charge in [-0.25, -0.2) is 10.5 Å². The number of piperazine rings is 1. The highest BCUT2D eigenvalue weighted by molar-refractivity contribution is 5.92. The molecule has 0 bridgehead atoms. The second-order valence-electron chi connectivity index (χ2n) is 8.30. The molecule has 1 saturated heterocycles. The van der Waals surface area contributed by atoms with Crippen molar-refractivity contribution in [2.24, 2.45) is 0 Å². The van der Waals surface area contributed by atoms with Crippen LogP contribution in [0.4, 0.5) is 0 Å². The molecule has 1 aliphatic heterocycles. The molecule has 2 aromatic carbocycles. The molecule has 4 rings (SSSR count). The summed E-state index contributed by atoms with van der Waals surface area (Å²) in [5, 5.41) is 8.59. The Labute approximate surface area is 205 Å². The standard InChI is InChI=1S/C28H28N4O3/c33-27(30-35)16-14-24-12-7-13-25(29-24)15-17-28(34)32-19-18-31(20-22-8-3-1-4-9-22)26(21-32)23-10-5-2-6-11-23/h1-17,26,35H,18-21H2,(H,30,33). The summed E-state index contributed by atoms with van der Waals surface area (Å²) in [4.78, 5) is 32.9. The van der Waals surface area contributed by atoms with E-state index in [0.29, 0.717) is 24.5 Å². The lowest BCUT2D eigenvalue weighted by atomic mass is 10.0. The predicted octanol–water partition coefficient (Wildman–Crippen LogP) is 3.70. The van der Waals surface area contributed by atoms with Gasteiger partial charge in [0, 0.05) is 38.3 Å². The molecule has 0 radical (unpaired) electrons. The predicted molar refractivity (Wildman–Crippen MR) is 135 cm³/mol. The Hall–Kier alpha value is -4.07. The quantitative estimate of drug-likeness (QED) is 0.314. The van der Waals surface area contributed by atoms with Gasteiger partial charge in [-0.3, -0.25) is 19.7 Å².